The maximum atomic E-state index is 14.0. The molecule has 0 bridgehead atoms. The van der Waals surface area contributed by atoms with Crippen LogP contribution >= 0.6 is 12.4 Å². The summed E-state index contributed by atoms with van der Waals surface area (Å²) in [5.41, 5.74) is -0.729. The van der Waals surface area contributed by atoms with Crippen LogP contribution in [-0.4, -0.2) is 13.1 Å². The molecular formula is C10H12ClF2N. The lowest BCUT2D eigenvalue weighted by Crippen LogP contribution is -2.23. The predicted molar refractivity (Wildman–Crippen MR) is 53.9 cm³/mol. The Kier molecular flexibility index (Phi) is 3.45. The van der Waals surface area contributed by atoms with E-state index in [1.165, 1.54) is 24.3 Å². The van der Waals surface area contributed by atoms with E-state index in [1.807, 2.05) is 0 Å². The first-order chi connectivity index (χ1) is 6.21. The highest BCUT2D eigenvalue weighted by Gasteiger charge is 2.35. The molecule has 1 saturated heterocycles. The number of hydrogen-bond donors (Lipinski definition) is 1. The van der Waals surface area contributed by atoms with Crippen molar-refractivity contribution in [2.24, 2.45) is 0 Å². The van der Waals surface area contributed by atoms with Crippen LogP contribution in [0.15, 0.2) is 24.3 Å². The van der Waals surface area contributed by atoms with Crippen molar-refractivity contribution in [3.63, 3.8) is 0 Å². The Bertz CT molecular complexity index is 293. The summed E-state index contributed by atoms with van der Waals surface area (Å²) in [6, 6.07) is 5.63. The molecule has 0 spiro atoms. The van der Waals surface area contributed by atoms with Crippen LogP contribution < -0.4 is 5.32 Å². The minimum Gasteiger partial charge on any atom is -0.313 e. The van der Waals surface area contributed by atoms with Crippen molar-refractivity contribution < 1.29 is 8.78 Å². The van der Waals surface area contributed by atoms with Gasteiger partial charge in [-0.2, -0.15) is 0 Å². The van der Waals surface area contributed by atoms with Gasteiger partial charge in [0, 0.05) is 6.54 Å². The number of nitrogens with one attached hydrogen (secondary N) is 1. The summed E-state index contributed by atoms with van der Waals surface area (Å²) in [6.45, 7) is 1.02. The number of alkyl halides is 1. The molecule has 4 heteroatoms. The van der Waals surface area contributed by atoms with Gasteiger partial charge in [0.1, 0.15) is 11.5 Å². The average molecular weight is 220 g/mol. The second-order valence-electron chi connectivity index (χ2n) is 3.40. The van der Waals surface area contributed by atoms with Gasteiger partial charge in [0.05, 0.1) is 0 Å². The number of rotatable bonds is 1. The monoisotopic (exact) mass is 219 g/mol. The first-order valence-corrected chi connectivity index (χ1v) is 4.36. The summed E-state index contributed by atoms with van der Waals surface area (Å²) >= 11 is 0. The summed E-state index contributed by atoms with van der Waals surface area (Å²) < 4.78 is 26.6. The van der Waals surface area contributed by atoms with Gasteiger partial charge in [-0.15, -0.1) is 12.4 Å². The highest BCUT2D eigenvalue weighted by Crippen LogP contribution is 2.31. The third-order valence-electron chi connectivity index (χ3n) is 2.46. The van der Waals surface area contributed by atoms with Gasteiger partial charge in [0.2, 0.25) is 0 Å². The standard InChI is InChI=1S/C10H11F2N.ClH/c11-9-3-1-8(2-4-9)10(12)5-6-13-7-10;/h1-4,13H,5-7H2;1H. The third-order valence-corrected chi connectivity index (χ3v) is 2.46. The highest BCUT2D eigenvalue weighted by atomic mass is 35.5. The van der Waals surface area contributed by atoms with E-state index in [9.17, 15) is 8.78 Å². The molecule has 0 saturated carbocycles. The molecule has 2 rings (SSSR count). The molecule has 1 aliphatic heterocycles. The van der Waals surface area contributed by atoms with Gasteiger partial charge >= 0.3 is 0 Å². The molecule has 0 aromatic heterocycles. The van der Waals surface area contributed by atoms with Gasteiger partial charge in [-0.1, -0.05) is 12.1 Å². The molecule has 0 amide bonds. The molecule has 1 atom stereocenters. The number of halogens is 3. The van der Waals surface area contributed by atoms with E-state index < -0.39 is 5.67 Å². The van der Waals surface area contributed by atoms with Crippen LogP contribution in [0.3, 0.4) is 0 Å². The van der Waals surface area contributed by atoms with Gasteiger partial charge in [-0.05, 0) is 30.7 Å². The summed E-state index contributed by atoms with van der Waals surface area (Å²) in [5.74, 6) is -0.321. The summed E-state index contributed by atoms with van der Waals surface area (Å²) in [5, 5.41) is 2.96. The molecular weight excluding hydrogens is 208 g/mol. The van der Waals surface area contributed by atoms with Crippen molar-refractivity contribution >= 4 is 12.4 Å². The van der Waals surface area contributed by atoms with E-state index >= 15 is 0 Å². The van der Waals surface area contributed by atoms with Crippen molar-refractivity contribution in [2.75, 3.05) is 13.1 Å². The largest absolute Gasteiger partial charge is 0.313 e. The minimum atomic E-state index is -1.30. The lowest BCUT2D eigenvalue weighted by molar-refractivity contribution is 0.193. The van der Waals surface area contributed by atoms with Crippen molar-refractivity contribution in [1.29, 1.82) is 0 Å². The number of hydrogen-bond acceptors (Lipinski definition) is 1. The maximum Gasteiger partial charge on any atom is 0.149 e. The van der Waals surface area contributed by atoms with Crippen molar-refractivity contribution in [2.45, 2.75) is 12.1 Å². The number of benzene rings is 1. The van der Waals surface area contributed by atoms with E-state index in [0.29, 0.717) is 25.1 Å². The van der Waals surface area contributed by atoms with Gasteiger partial charge < -0.3 is 5.32 Å². The third kappa shape index (κ3) is 2.04. The SMILES string of the molecule is Cl.Fc1ccc(C2(F)CCNC2)cc1. The van der Waals surface area contributed by atoms with Crippen LogP contribution in [0.2, 0.25) is 0 Å². The molecule has 14 heavy (non-hydrogen) atoms. The van der Waals surface area contributed by atoms with E-state index in [4.69, 9.17) is 0 Å². The molecule has 1 aliphatic rings. The quantitative estimate of drug-likeness (QED) is 0.765. The smallest absolute Gasteiger partial charge is 0.149 e. The molecule has 0 radical (unpaired) electrons. The molecule has 1 nitrogen and oxygen atoms in total. The van der Waals surface area contributed by atoms with Crippen molar-refractivity contribution in [3.05, 3.63) is 35.6 Å². The Hall–Kier alpha value is -0.670. The van der Waals surface area contributed by atoms with E-state index in [0.717, 1.165) is 0 Å². The van der Waals surface area contributed by atoms with Gasteiger partial charge in [0.15, 0.2) is 0 Å². The van der Waals surface area contributed by atoms with Crippen LogP contribution in [0.1, 0.15) is 12.0 Å². The Balaban J connectivity index is 0.000000980. The summed E-state index contributed by atoms with van der Waals surface area (Å²) in [6.07, 6.45) is 0.471. The average Bonchev–Trinajstić information content (AvgIpc) is 2.54. The zero-order chi connectivity index (χ0) is 9.31. The van der Waals surface area contributed by atoms with E-state index in [-0.39, 0.29) is 18.2 Å². The van der Waals surface area contributed by atoms with Gasteiger partial charge in [-0.3, -0.25) is 0 Å². The Morgan fingerprint density at radius 1 is 1.21 bits per heavy atom. The maximum absolute atomic E-state index is 14.0. The molecule has 78 valence electrons. The second kappa shape index (κ2) is 4.24. The zero-order valence-electron chi connectivity index (χ0n) is 7.59. The highest BCUT2D eigenvalue weighted by molar-refractivity contribution is 5.85. The first kappa shape index (κ1) is 11.4. The van der Waals surface area contributed by atoms with Crippen LogP contribution in [0, 0.1) is 5.82 Å². The van der Waals surface area contributed by atoms with Crippen LogP contribution in [0.25, 0.3) is 0 Å². The van der Waals surface area contributed by atoms with Crippen LogP contribution in [0.4, 0.5) is 8.78 Å². The molecule has 1 heterocycles. The Labute approximate surface area is 87.9 Å². The van der Waals surface area contributed by atoms with Crippen LogP contribution in [-0.2, 0) is 5.67 Å². The lowest BCUT2D eigenvalue weighted by atomic mass is 9.95. The predicted octanol–water partition coefficient (Wildman–Crippen LogP) is 2.41. The molecule has 1 unspecified atom stereocenters. The van der Waals surface area contributed by atoms with Gasteiger partial charge in [-0.25, -0.2) is 8.78 Å². The van der Waals surface area contributed by atoms with E-state index in [1.54, 1.807) is 0 Å². The Morgan fingerprint density at radius 3 is 2.36 bits per heavy atom. The first-order valence-electron chi connectivity index (χ1n) is 4.36. The molecule has 1 fully saturated rings. The second-order valence-corrected chi connectivity index (χ2v) is 3.40. The fourth-order valence-electron chi connectivity index (χ4n) is 1.66. The normalized spacial score (nSPS) is 25.9. The van der Waals surface area contributed by atoms with Crippen molar-refractivity contribution in [1.82, 2.24) is 5.32 Å². The fraction of sp³-hybridized carbons (Fsp3) is 0.400. The van der Waals surface area contributed by atoms with E-state index in [2.05, 4.69) is 5.32 Å². The molecule has 0 aliphatic carbocycles. The fourth-order valence-corrected chi connectivity index (χ4v) is 1.66. The topological polar surface area (TPSA) is 12.0 Å². The Morgan fingerprint density at radius 2 is 1.86 bits per heavy atom. The summed E-state index contributed by atoms with van der Waals surface area (Å²) in [4.78, 5) is 0. The molecule has 1 aromatic carbocycles. The van der Waals surface area contributed by atoms with Gasteiger partial charge in [0.25, 0.3) is 0 Å². The van der Waals surface area contributed by atoms with Crippen molar-refractivity contribution in [3.8, 4) is 0 Å². The molecule has 1 N–H and O–H groups in total. The summed E-state index contributed by atoms with van der Waals surface area (Å²) in [7, 11) is 0. The zero-order valence-corrected chi connectivity index (χ0v) is 8.41. The van der Waals surface area contributed by atoms with Crippen LogP contribution in [0.5, 0.6) is 0 Å². The molecule has 1 aromatic rings. The lowest BCUT2D eigenvalue weighted by Gasteiger charge is -2.18. The minimum absolute atomic E-state index is 0.